The molecule has 5 heteroatoms. The fourth-order valence-corrected chi connectivity index (χ4v) is 1.55. The maximum atomic E-state index is 13.1. The predicted octanol–water partition coefficient (Wildman–Crippen LogP) is 2.65. The number of carboxylic acid groups (broad SMARTS) is 1. The molecular weight excluding hydrogens is 240 g/mol. The van der Waals surface area contributed by atoms with Crippen molar-refractivity contribution < 1.29 is 18.7 Å². The van der Waals surface area contributed by atoms with Crippen LogP contribution >= 0.6 is 0 Å². The van der Waals surface area contributed by atoms with Gasteiger partial charge >= 0.3 is 5.97 Å². The minimum absolute atomic E-state index is 0.150. The first-order valence-electron chi connectivity index (χ1n) is 5.61. The molecule has 0 aliphatic carbocycles. The van der Waals surface area contributed by atoms with Crippen molar-refractivity contribution in [1.29, 1.82) is 0 Å². The molecule has 0 atom stereocenters. The molecule has 100 valence electrons. The minimum atomic E-state index is -0.951. The fraction of sp³-hybridized carbons (Fsp3) is 0.462. The Labute approximate surface area is 105 Å². The molecule has 1 rings (SSSR count). The van der Waals surface area contributed by atoms with Crippen LogP contribution in [0.25, 0.3) is 0 Å². The van der Waals surface area contributed by atoms with Gasteiger partial charge in [0.05, 0.1) is 6.54 Å². The van der Waals surface area contributed by atoms with Crippen molar-refractivity contribution in [3.05, 3.63) is 35.4 Å². The van der Waals surface area contributed by atoms with Crippen LogP contribution < -0.4 is 0 Å². The Hall–Kier alpha value is -1.49. The van der Waals surface area contributed by atoms with Gasteiger partial charge in [-0.15, -0.1) is 0 Å². The molecule has 1 N–H and O–H groups in total. The van der Waals surface area contributed by atoms with Crippen LogP contribution in [0.2, 0.25) is 0 Å². The van der Waals surface area contributed by atoms with Gasteiger partial charge in [0.15, 0.2) is 11.6 Å². The van der Waals surface area contributed by atoms with Crippen LogP contribution in [0.5, 0.6) is 0 Å². The zero-order chi connectivity index (χ0) is 13.9. The highest BCUT2D eigenvalue weighted by molar-refractivity contribution is 5.69. The number of rotatable bonds is 4. The van der Waals surface area contributed by atoms with E-state index in [4.69, 9.17) is 5.11 Å². The van der Waals surface area contributed by atoms with Crippen LogP contribution in [0, 0.1) is 11.6 Å². The molecule has 0 spiro atoms. The normalized spacial score (nSPS) is 11.9. The number of carbonyl (C=O) groups is 1. The predicted molar refractivity (Wildman–Crippen MR) is 64.2 cm³/mol. The van der Waals surface area contributed by atoms with Gasteiger partial charge < -0.3 is 5.11 Å². The summed E-state index contributed by atoms with van der Waals surface area (Å²) in [7, 11) is 0. The summed E-state index contributed by atoms with van der Waals surface area (Å²) < 4.78 is 25.9. The van der Waals surface area contributed by atoms with Crippen molar-refractivity contribution in [1.82, 2.24) is 4.90 Å². The van der Waals surface area contributed by atoms with Crippen molar-refractivity contribution >= 4 is 5.97 Å². The van der Waals surface area contributed by atoms with E-state index in [1.54, 1.807) is 4.90 Å². The smallest absolute Gasteiger partial charge is 0.317 e. The van der Waals surface area contributed by atoms with E-state index in [0.717, 1.165) is 12.1 Å². The molecular formula is C13H17F2NO2. The maximum absolute atomic E-state index is 13.1. The zero-order valence-electron chi connectivity index (χ0n) is 10.7. The third-order valence-corrected chi connectivity index (χ3v) is 2.63. The van der Waals surface area contributed by atoms with Crippen LogP contribution in [0.1, 0.15) is 26.3 Å². The fourth-order valence-electron chi connectivity index (χ4n) is 1.55. The lowest BCUT2D eigenvalue weighted by molar-refractivity contribution is -0.139. The quantitative estimate of drug-likeness (QED) is 0.901. The van der Waals surface area contributed by atoms with Gasteiger partial charge in [0.2, 0.25) is 0 Å². The van der Waals surface area contributed by atoms with E-state index in [-0.39, 0.29) is 18.6 Å². The Morgan fingerprint density at radius 3 is 2.33 bits per heavy atom. The van der Waals surface area contributed by atoms with E-state index in [2.05, 4.69) is 0 Å². The second-order valence-electron chi connectivity index (χ2n) is 5.17. The third kappa shape index (κ3) is 4.07. The van der Waals surface area contributed by atoms with Crippen LogP contribution in [-0.2, 0) is 11.3 Å². The lowest BCUT2D eigenvalue weighted by atomic mass is 10.0. The second kappa shape index (κ2) is 5.44. The van der Waals surface area contributed by atoms with Crippen LogP contribution in [-0.4, -0.2) is 28.1 Å². The average Bonchev–Trinajstić information content (AvgIpc) is 2.20. The molecule has 0 aliphatic rings. The zero-order valence-corrected chi connectivity index (χ0v) is 10.7. The van der Waals surface area contributed by atoms with E-state index in [9.17, 15) is 13.6 Å². The van der Waals surface area contributed by atoms with Crippen molar-refractivity contribution in [2.24, 2.45) is 0 Å². The lowest BCUT2D eigenvalue weighted by Crippen LogP contribution is -2.43. The topological polar surface area (TPSA) is 40.5 Å². The molecule has 0 heterocycles. The molecule has 0 unspecified atom stereocenters. The van der Waals surface area contributed by atoms with Gasteiger partial charge in [0.25, 0.3) is 0 Å². The highest BCUT2D eigenvalue weighted by atomic mass is 19.2. The molecule has 0 radical (unpaired) electrons. The van der Waals surface area contributed by atoms with Gasteiger partial charge in [-0.05, 0) is 38.5 Å². The number of aliphatic carboxylic acids is 1. The SMILES string of the molecule is CC(C)(C)N(CC(=O)O)Cc1ccc(F)c(F)c1. The van der Waals surface area contributed by atoms with Gasteiger partial charge in [-0.1, -0.05) is 6.07 Å². The third-order valence-electron chi connectivity index (χ3n) is 2.63. The summed E-state index contributed by atoms with van der Waals surface area (Å²) in [4.78, 5) is 12.5. The summed E-state index contributed by atoms with van der Waals surface area (Å²) in [6.07, 6.45) is 0. The first-order valence-corrected chi connectivity index (χ1v) is 5.61. The molecule has 1 aromatic carbocycles. The maximum Gasteiger partial charge on any atom is 0.317 e. The highest BCUT2D eigenvalue weighted by Crippen LogP contribution is 2.18. The summed E-state index contributed by atoms with van der Waals surface area (Å²) in [5.74, 6) is -2.77. The summed E-state index contributed by atoms with van der Waals surface area (Å²) >= 11 is 0. The van der Waals surface area contributed by atoms with Gasteiger partial charge in [-0.25, -0.2) is 8.78 Å². The molecule has 18 heavy (non-hydrogen) atoms. The van der Waals surface area contributed by atoms with Crippen molar-refractivity contribution in [3.8, 4) is 0 Å². The average molecular weight is 257 g/mol. The number of carboxylic acids is 1. The standard InChI is InChI=1S/C13H17F2NO2/c1-13(2,3)16(8-12(17)18)7-9-4-5-10(14)11(15)6-9/h4-6H,7-8H2,1-3H3,(H,17,18). The number of hydrogen-bond donors (Lipinski definition) is 1. The largest absolute Gasteiger partial charge is 0.480 e. The van der Waals surface area contributed by atoms with Crippen LogP contribution in [0.4, 0.5) is 8.78 Å². The Morgan fingerprint density at radius 2 is 1.89 bits per heavy atom. The van der Waals surface area contributed by atoms with Gasteiger partial charge in [0, 0.05) is 12.1 Å². The molecule has 0 saturated heterocycles. The number of benzene rings is 1. The molecule has 0 aliphatic heterocycles. The molecule has 0 bridgehead atoms. The summed E-state index contributed by atoms with van der Waals surface area (Å²) in [6.45, 7) is 5.72. The molecule has 0 fully saturated rings. The number of nitrogens with zero attached hydrogens (tertiary/aromatic N) is 1. The number of hydrogen-bond acceptors (Lipinski definition) is 2. The van der Waals surface area contributed by atoms with E-state index in [1.165, 1.54) is 6.07 Å². The molecule has 3 nitrogen and oxygen atoms in total. The van der Waals surface area contributed by atoms with Gasteiger partial charge in [-0.3, -0.25) is 9.69 Å². The monoisotopic (exact) mass is 257 g/mol. The Balaban J connectivity index is 2.89. The first kappa shape index (κ1) is 14.6. The van der Waals surface area contributed by atoms with Gasteiger partial charge in [-0.2, -0.15) is 0 Å². The first-order chi connectivity index (χ1) is 8.20. The Morgan fingerprint density at radius 1 is 1.28 bits per heavy atom. The van der Waals surface area contributed by atoms with E-state index in [0.29, 0.717) is 5.56 Å². The highest BCUT2D eigenvalue weighted by Gasteiger charge is 2.23. The van der Waals surface area contributed by atoms with E-state index < -0.39 is 17.6 Å². The molecule has 1 aromatic rings. The number of halogens is 2. The van der Waals surface area contributed by atoms with Crippen molar-refractivity contribution in [3.63, 3.8) is 0 Å². The van der Waals surface area contributed by atoms with Crippen LogP contribution in [0.15, 0.2) is 18.2 Å². The summed E-state index contributed by atoms with van der Waals surface area (Å²) in [5, 5.41) is 8.85. The molecule has 0 saturated carbocycles. The minimum Gasteiger partial charge on any atom is -0.480 e. The van der Waals surface area contributed by atoms with E-state index in [1.807, 2.05) is 20.8 Å². The van der Waals surface area contributed by atoms with Crippen LogP contribution in [0.3, 0.4) is 0 Å². The van der Waals surface area contributed by atoms with Gasteiger partial charge in [0.1, 0.15) is 0 Å². The Kier molecular flexibility index (Phi) is 4.40. The van der Waals surface area contributed by atoms with Crippen molar-refractivity contribution in [2.75, 3.05) is 6.54 Å². The second-order valence-corrected chi connectivity index (χ2v) is 5.17. The molecule has 0 amide bonds. The Bertz CT molecular complexity index is 441. The summed E-state index contributed by atoms with van der Waals surface area (Å²) in [5.41, 5.74) is 0.175. The van der Waals surface area contributed by atoms with E-state index >= 15 is 0 Å². The lowest BCUT2D eigenvalue weighted by Gasteiger charge is -2.34. The summed E-state index contributed by atoms with van der Waals surface area (Å²) in [6, 6.07) is 3.60. The van der Waals surface area contributed by atoms with Crippen molar-refractivity contribution in [2.45, 2.75) is 32.9 Å². The molecule has 0 aromatic heterocycles.